The molecule has 1 N–H and O–H groups in total. The third-order valence-electron chi connectivity index (χ3n) is 2.65. The monoisotopic (exact) mass is 295 g/mol. The molecule has 0 unspecified atom stereocenters. The second-order valence-electron chi connectivity index (χ2n) is 4.08. The standard InChI is InChI=1S/C15H18ClNO3/c1-3-9-17(10-11-20-2)15-12(7-8-14(18)19)5-4-6-13(15)16/h3-8H,1,9-11H2,2H3,(H,18,19)/b8-7+. The van der Waals surface area contributed by atoms with Crippen LogP contribution in [0.5, 0.6) is 0 Å². The average Bonchev–Trinajstić information content (AvgIpc) is 2.41. The van der Waals surface area contributed by atoms with Crippen molar-refractivity contribution >= 4 is 29.3 Å². The summed E-state index contributed by atoms with van der Waals surface area (Å²) in [6.07, 6.45) is 4.40. The van der Waals surface area contributed by atoms with Gasteiger partial charge in [-0.2, -0.15) is 0 Å². The van der Waals surface area contributed by atoms with Crippen molar-refractivity contribution in [1.82, 2.24) is 0 Å². The molecular formula is C15H18ClNO3. The van der Waals surface area contributed by atoms with Gasteiger partial charge in [0, 0.05) is 26.3 Å². The molecule has 0 saturated heterocycles. The molecule has 0 atom stereocenters. The van der Waals surface area contributed by atoms with Crippen molar-refractivity contribution in [3.8, 4) is 0 Å². The predicted octanol–water partition coefficient (Wildman–Crippen LogP) is 3.08. The summed E-state index contributed by atoms with van der Waals surface area (Å²) in [4.78, 5) is 12.7. The minimum Gasteiger partial charge on any atom is -0.478 e. The van der Waals surface area contributed by atoms with Gasteiger partial charge in [0.25, 0.3) is 0 Å². The Hall–Kier alpha value is -1.78. The topological polar surface area (TPSA) is 49.8 Å². The third kappa shape index (κ3) is 4.72. The van der Waals surface area contributed by atoms with Crippen LogP contribution >= 0.6 is 11.6 Å². The van der Waals surface area contributed by atoms with Crippen LogP contribution in [0.3, 0.4) is 0 Å². The number of halogens is 1. The zero-order chi connectivity index (χ0) is 15.0. The first-order valence-electron chi connectivity index (χ1n) is 6.14. The fraction of sp³-hybridized carbons (Fsp3) is 0.267. The molecule has 1 rings (SSSR count). The number of para-hydroxylation sites is 1. The molecule has 0 saturated carbocycles. The highest BCUT2D eigenvalue weighted by atomic mass is 35.5. The highest BCUT2D eigenvalue weighted by Gasteiger charge is 2.12. The summed E-state index contributed by atoms with van der Waals surface area (Å²) < 4.78 is 5.09. The maximum absolute atomic E-state index is 10.7. The molecule has 0 bridgehead atoms. The van der Waals surface area contributed by atoms with Gasteiger partial charge >= 0.3 is 5.97 Å². The maximum Gasteiger partial charge on any atom is 0.328 e. The van der Waals surface area contributed by atoms with Crippen LogP contribution < -0.4 is 4.90 Å². The Morgan fingerprint density at radius 2 is 2.30 bits per heavy atom. The molecule has 0 fully saturated rings. The Balaban J connectivity index is 3.16. The average molecular weight is 296 g/mol. The van der Waals surface area contributed by atoms with Crippen molar-refractivity contribution in [2.45, 2.75) is 0 Å². The zero-order valence-electron chi connectivity index (χ0n) is 11.4. The minimum absolute atomic E-state index is 0.543. The van der Waals surface area contributed by atoms with Gasteiger partial charge in [-0.15, -0.1) is 6.58 Å². The molecule has 0 aromatic heterocycles. The van der Waals surface area contributed by atoms with Crippen molar-refractivity contribution < 1.29 is 14.6 Å². The van der Waals surface area contributed by atoms with Crippen LogP contribution in [0.4, 0.5) is 5.69 Å². The molecule has 5 heteroatoms. The number of methoxy groups -OCH3 is 1. The van der Waals surface area contributed by atoms with E-state index in [2.05, 4.69) is 6.58 Å². The summed E-state index contributed by atoms with van der Waals surface area (Å²) in [5.41, 5.74) is 1.53. The molecule has 0 aliphatic rings. The van der Waals surface area contributed by atoms with Gasteiger partial charge in [0.1, 0.15) is 0 Å². The normalized spacial score (nSPS) is 10.7. The van der Waals surface area contributed by atoms with Crippen LogP contribution in [0, 0.1) is 0 Å². The lowest BCUT2D eigenvalue weighted by Gasteiger charge is -2.26. The van der Waals surface area contributed by atoms with E-state index in [9.17, 15) is 4.79 Å². The predicted molar refractivity (Wildman–Crippen MR) is 82.4 cm³/mol. The number of hydrogen-bond acceptors (Lipinski definition) is 3. The summed E-state index contributed by atoms with van der Waals surface area (Å²) in [7, 11) is 1.63. The van der Waals surface area contributed by atoms with E-state index < -0.39 is 5.97 Å². The quantitative estimate of drug-likeness (QED) is 0.591. The molecule has 0 spiro atoms. The van der Waals surface area contributed by atoms with E-state index in [0.717, 1.165) is 17.3 Å². The van der Waals surface area contributed by atoms with Crippen LogP contribution in [0.15, 0.2) is 36.9 Å². The smallest absolute Gasteiger partial charge is 0.328 e. The number of carboxylic acids is 1. The largest absolute Gasteiger partial charge is 0.478 e. The van der Waals surface area contributed by atoms with Crippen LogP contribution in [-0.4, -0.2) is 37.9 Å². The van der Waals surface area contributed by atoms with Gasteiger partial charge in [-0.05, 0) is 17.7 Å². The Labute approximate surface area is 123 Å². The number of benzene rings is 1. The van der Waals surface area contributed by atoms with E-state index in [-0.39, 0.29) is 0 Å². The number of hydrogen-bond donors (Lipinski definition) is 1. The van der Waals surface area contributed by atoms with E-state index in [4.69, 9.17) is 21.4 Å². The number of anilines is 1. The summed E-state index contributed by atoms with van der Waals surface area (Å²) >= 11 is 6.26. The molecule has 0 heterocycles. The van der Waals surface area contributed by atoms with Crippen molar-refractivity contribution in [3.05, 3.63) is 47.5 Å². The fourth-order valence-corrected chi connectivity index (χ4v) is 2.11. The van der Waals surface area contributed by atoms with Gasteiger partial charge < -0.3 is 14.7 Å². The van der Waals surface area contributed by atoms with E-state index in [1.807, 2.05) is 11.0 Å². The van der Waals surface area contributed by atoms with Gasteiger partial charge in [-0.1, -0.05) is 29.8 Å². The summed E-state index contributed by atoms with van der Waals surface area (Å²) in [6.45, 7) is 5.51. The summed E-state index contributed by atoms with van der Waals surface area (Å²) in [6, 6.07) is 5.39. The number of nitrogens with zero attached hydrogens (tertiary/aromatic N) is 1. The van der Waals surface area contributed by atoms with Crippen LogP contribution in [0.25, 0.3) is 6.08 Å². The number of aliphatic carboxylic acids is 1. The van der Waals surface area contributed by atoms with Crippen LogP contribution in [0.2, 0.25) is 5.02 Å². The highest BCUT2D eigenvalue weighted by Crippen LogP contribution is 2.30. The van der Waals surface area contributed by atoms with Gasteiger partial charge in [-0.3, -0.25) is 0 Å². The number of rotatable bonds is 8. The summed E-state index contributed by atoms with van der Waals surface area (Å²) in [5, 5.41) is 9.31. The Morgan fingerprint density at radius 3 is 2.90 bits per heavy atom. The molecule has 20 heavy (non-hydrogen) atoms. The van der Waals surface area contributed by atoms with E-state index >= 15 is 0 Å². The molecule has 1 aromatic rings. The van der Waals surface area contributed by atoms with Crippen LogP contribution in [-0.2, 0) is 9.53 Å². The van der Waals surface area contributed by atoms with E-state index in [1.54, 1.807) is 25.3 Å². The molecule has 0 amide bonds. The first kappa shape index (κ1) is 16.3. The summed E-state index contributed by atoms with van der Waals surface area (Å²) in [5.74, 6) is -0.997. The lowest BCUT2D eigenvalue weighted by molar-refractivity contribution is -0.131. The van der Waals surface area contributed by atoms with Gasteiger partial charge in [-0.25, -0.2) is 4.79 Å². The third-order valence-corrected chi connectivity index (χ3v) is 2.96. The molecular weight excluding hydrogens is 278 g/mol. The molecule has 0 radical (unpaired) electrons. The zero-order valence-corrected chi connectivity index (χ0v) is 12.1. The van der Waals surface area contributed by atoms with E-state index in [0.29, 0.717) is 24.7 Å². The van der Waals surface area contributed by atoms with Crippen molar-refractivity contribution in [1.29, 1.82) is 0 Å². The maximum atomic E-state index is 10.7. The molecule has 0 aliphatic carbocycles. The molecule has 1 aromatic carbocycles. The Kier molecular flexibility index (Phi) is 6.84. The van der Waals surface area contributed by atoms with Gasteiger partial charge in [0.15, 0.2) is 0 Å². The first-order chi connectivity index (χ1) is 9.60. The first-order valence-corrected chi connectivity index (χ1v) is 6.52. The lowest BCUT2D eigenvalue weighted by atomic mass is 10.1. The number of carbonyl (C=O) groups is 1. The van der Waals surface area contributed by atoms with E-state index in [1.165, 1.54) is 6.08 Å². The van der Waals surface area contributed by atoms with Crippen molar-refractivity contribution in [2.24, 2.45) is 0 Å². The van der Waals surface area contributed by atoms with Crippen LogP contribution in [0.1, 0.15) is 5.56 Å². The molecule has 4 nitrogen and oxygen atoms in total. The Morgan fingerprint density at radius 1 is 1.55 bits per heavy atom. The molecule has 0 aliphatic heterocycles. The van der Waals surface area contributed by atoms with Crippen molar-refractivity contribution in [3.63, 3.8) is 0 Å². The van der Waals surface area contributed by atoms with Crippen molar-refractivity contribution in [2.75, 3.05) is 31.7 Å². The lowest BCUT2D eigenvalue weighted by Crippen LogP contribution is -2.28. The number of ether oxygens (including phenoxy) is 1. The fourth-order valence-electron chi connectivity index (χ4n) is 1.81. The number of carboxylic acid groups (broad SMARTS) is 1. The van der Waals surface area contributed by atoms with Gasteiger partial charge in [0.2, 0.25) is 0 Å². The second-order valence-corrected chi connectivity index (χ2v) is 4.48. The minimum atomic E-state index is -0.997. The van der Waals surface area contributed by atoms with Gasteiger partial charge in [0.05, 0.1) is 17.3 Å². The SMILES string of the molecule is C=CCN(CCOC)c1c(Cl)cccc1/C=C/C(=O)O. The molecule has 108 valence electrons. The second kappa shape index (κ2) is 8.40. The Bertz CT molecular complexity index is 500. The highest BCUT2D eigenvalue weighted by molar-refractivity contribution is 6.33.